The molecular formula is C15H20N2O2. The van der Waals surface area contributed by atoms with Gasteiger partial charge >= 0.3 is 0 Å². The summed E-state index contributed by atoms with van der Waals surface area (Å²) in [7, 11) is 0. The van der Waals surface area contributed by atoms with Gasteiger partial charge in [-0.25, -0.2) is 4.98 Å². The van der Waals surface area contributed by atoms with Gasteiger partial charge in [0.05, 0.1) is 0 Å². The molecule has 19 heavy (non-hydrogen) atoms. The Kier molecular flexibility index (Phi) is 2.43. The molecule has 1 spiro atoms. The van der Waals surface area contributed by atoms with Crippen molar-refractivity contribution in [3.05, 3.63) is 17.8 Å². The smallest absolute Gasteiger partial charge is 0.272 e. The number of likely N-dealkylation sites (N-methyl/N-ethyl adjacent to an activating group) is 1. The minimum absolute atomic E-state index is 0.0355. The summed E-state index contributed by atoms with van der Waals surface area (Å²) in [6.45, 7) is 8.97. The number of pyridine rings is 1. The van der Waals surface area contributed by atoms with Gasteiger partial charge in [0.1, 0.15) is 0 Å². The molecular weight excluding hydrogens is 240 g/mol. The molecule has 3 rings (SSSR count). The molecule has 1 aliphatic carbocycles. The van der Waals surface area contributed by atoms with E-state index in [0.29, 0.717) is 12.4 Å². The third-order valence-corrected chi connectivity index (χ3v) is 3.82. The fraction of sp³-hybridized carbons (Fsp3) is 0.600. The fourth-order valence-corrected chi connectivity index (χ4v) is 2.45. The topological polar surface area (TPSA) is 42.4 Å². The Morgan fingerprint density at radius 3 is 2.58 bits per heavy atom. The van der Waals surface area contributed by atoms with Crippen LogP contribution < -0.4 is 9.64 Å². The average molecular weight is 260 g/mol. The summed E-state index contributed by atoms with van der Waals surface area (Å²) < 4.78 is 5.89. The van der Waals surface area contributed by atoms with Crippen molar-refractivity contribution in [3.63, 3.8) is 0 Å². The van der Waals surface area contributed by atoms with Gasteiger partial charge in [0, 0.05) is 30.5 Å². The van der Waals surface area contributed by atoms with Gasteiger partial charge in [0.15, 0.2) is 17.2 Å². The molecule has 0 atom stereocenters. The van der Waals surface area contributed by atoms with E-state index < -0.39 is 5.60 Å². The Bertz CT molecular complexity index is 542. The van der Waals surface area contributed by atoms with E-state index in [9.17, 15) is 4.79 Å². The number of hydrogen-bond donors (Lipinski definition) is 0. The average Bonchev–Trinajstić information content (AvgIpc) is 3.10. The Labute approximate surface area is 113 Å². The monoisotopic (exact) mass is 260 g/mol. The normalized spacial score (nSPS) is 20.2. The van der Waals surface area contributed by atoms with Crippen molar-refractivity contribution in [1.29, 1.82) is 0 Å². The predicted molar refractivity (Wildman–Crippen MR) is 73.6 cm³/mol. The van der Waals surface area contributed by atoms with Crippen molar-refractivity contribution >= 4 is 11.7 Å². The maximum atomic E-state index is 12.4. The first kappa shape index (κ1) is 12.5. The van der Waals surface area contributed by atoms with Crippen molar-refractivity contribution in [2.45, 2.75) is 51.6 Å². The standard InChI is InChI=1S/C15H20N2O2/c1-5-17-12-10(19-15(8-9-15)13(17)18)6-7-11(16-12)14(2,3)4/h6-7H,5,8-9H2,1-4H3. The summed E-state index contributed by atoms with van der Waals surface area (Å²) in [6.07, 6.45) is 1.64. The number of carbonyl (C=O) groups excluding carboxylic acids is 1. The molecule has 0 aromatic carbocycles. The van der Waals surface area contributed by atoms with Gasteiger partial charge in [-0.3, -0.25) is 9.69 Å². The molecule has 1 aliphatic heterocycles. The van der Waals surface area contributed by atoms with E-state index in [1.165, 1.54) is 0 Å². The van der Waals surface area contributed by atoms with E-state index in [1.807, 2.05) is 19.1 Å². The molecule has 0 bridgehead atoms. The number of nitrogens with zero attached hydrogens (tertiary/aromatic N) is 2. The molecule has 4 nitrogen and oxygen atoms in total. The quantitative estimate of drug-likeness (QED) is 0.779. The zero-order valence-corrected chi connectivity index (χ0v) is 12.0. The number of amides is 1. The van der Waals surface area contributed by atoms with Crippen LogP contribution in [0.5, 0.6) is 5.75 Å². The molecule has 2 aliphatic rings. The molecule has 0 radical (unpaired) electrons. The SMILES string of the molecule is CCN1C(=O)C2(CC2)Oc2ccc(C(C)(C)C)nc21. The molecule has 102 valence electrons. The first-order chi connectivity index (χ1) is 8.87. The van der Waals surface area contributed by atoms with Crippen LogP contribution in [0.15, 0.2) is 12.1 Å². The highest BCUT2D eigenvalue weighted by atomic mass is 16.5. The van der Waals surface area contributed by atoms with Crippen LogP contribution in [0.3, 0.4) is 0 Å². The zero-order valence-electron chi connectivity index (χ0n) is 12.0. The lowest BCUT2D eigenvalue weighted by atomic mass is 9.91. The summed E-state index contributed by atoms with van der Waals surface area (Å²) >= 11 is 0. The summed E-state index contributed by atoms with van der Waals surface area (Å²) in [6, 6.07) is 3.95. The van der Waals surface area contributed by atoms with Gasteiger partial charge in [-0.15, -0.1) is 0 Å². The highest BCUT2D eigenvalue weighted by Crippen LogP contribution is 2.48. The van der Waals surface area contributed by atoms with Crippen molar-refractivity contribution < 1.29 is 9.53 Å². The van der Waals surface area contributed by atoms with Crippen molar-refractivity contribution in [2.24, 2.45) is 0 Å². The van der Waals surface area contributed by atoms with Gasteiger partial charge in [-0.2, -0.15) is 0 Å². The summed E-state index contributed by atoms with van der Waals surface area (Å²) in [4.78, 5) is 18.9. The number of rotatable bonds is 1. The predicted octanol–water partition coefficient (Wildman–Crippen LogP) is 2.66. The second-order valence-corrected chi connectivity index (χ2v) is 6.41. The molecule has 2 heterocycles. The Morgan fingerprint density at radius 1 is 1.37 bits per heavy atom. The van der Waals surface area contributed by atoms with Crippen LogP contribution in [0.2, 0.25) is 0 Å². The number of anilines is 1. The van der Waals surface area contributed by atoms with Crippen LogP contribution in [0.4, 0.5) is 5.82 Å². The number of hydrogen-bond acceptors (Lipinski definition) is 3. The molecule has 0 saturated heterocycles. The number of fused-ring (bicyclic) bond motifs is 1. The first-order valence-corrected chi connectivity index (χ1v) is 6.90. The zero-order chi connectivity index (χ0) is 13.8. The fourth-order valence-electron chi connectivity index (χ4n) is 2.45. The van der Waals surface area contributed by atoms with Crippen LogP contribution in [0.1, 0.15) is 46.2 Å². The Morgan fingerprint density at radius 2 is 2.05 bits per heavy atom. The van der Waals surface area contributed by atoms with Crippen LogP contribution in [0, 0.1) is 0 Å². The van der Waals surface area contributed by atoms with E-state index in [0.717, 1.165) is 24.3 Å². The van der Waals surface area contributed by atoms with Gasteiger partial charge < -0.3 is 4.74 Å². The molecule has 0 unspecified atom stereocenters. The van der Waals surface area contributed by atoms with E-state index in [2.05, 4.69) is 25.8 Å². The third-order valence-electron chi connectivity index (χ3n) is 3.82. The lowest BCUT2D eigenvalue weighted by Gasteiger charge is -2.34. The lowest BCUT2D eigenvalue weighted by molar-refractivity contribution is -0.128. The van der Waals surface area contributed by atoms with E-state index >= 15 is 0 Å². The van der Waals surface area contributed by atoms with Gasteiger partial charge in [0.25, 0.3) is 5.91 Å². The molecule has 1 aromatic heterocycles. The maximum absolute atomic E-state index is 12.4. The Balaban J connectivity index is 2.09. The van der Waals surface area contributed by atoms with Crippen molar-refractivity contribution in [1.82, 2.24) is 4.98 Å². The minimum atomic E-state index is -0.575. The molecule has 1 aromatic rings. The summed E-state index contributed by atoms with van der Waals surface area (Å²) in [5, 5.41) is 0. The van der Waals surface area contributed by atoms with Crippen LogP contribution >= 0.6 is 0 Å². The second kappa shape index (κ2) is 3.71. The van der Waals surface area contributed by atoms with Crippen LogP contribution in [-0.2, 0) is 10.2 Å². The highest BCUT2D eigenvalue weighted by Gasteiger charge is 2.58. The van der Waals surface area contributed by atoms with Crippen molar-refractivity contribution in [3.8, 4) is 5.75 Å². The van der Waals surface area contributed by atoms with Crippen LogP contribution in [-0.4, -0.2) is 23.0 Å². The second-order valence-electron chi connectivity index (χ2n) is 6.41. The van der Waals surface area contributed by atoms with Gasteiger partial charge in [0.2, 0.25) is 0 Å². The largest absolute Gasteiger partial charge is 0.474 e. The number of ether oxygens (including phenoxy) is 1. The summed E-state index contributed by atoms with van der Waals surface area (Å²) in [5.41, 5.74) is 0.369. The molecule has 4 heteroatoms. The van der Waals surface area contributed by atoms with E-state index in [4.69, 9.17) is 4.74 Å². The molecule has 1 amide bonds. The molecule has 0 N–H and O–H groups in total. The van der Waals surface area contributed by atoms with Crippen LogP contribution in [0.25, 0.3) is 0 Å². The number of aromatic nitrogens is 1. The minimum Gasteiger partial charge on any atom is -0.474 e. The van der Waals surface area contributed by atoms with Crippen molar-refractivity contribution in [2.75, 3.05) is 11.4 Å². The Hall–Kier alpha value is -1.58. The first-order valence-electron chi connectivity index (χ1n) is 6.90. The molecule has 1 fully saturated rings. The van der Waals surface area contributed by atoms with Gasteiger partial charge in [-0.05, 0) is 19.1 Å². The highest BCUT2D eigenvalue weighted by molar-refractivity contribution is 6.03. The summed E-state index contributed by atoms with van der Waals surface area (Å²) in [5.74, 6) is 1.49. The lowest BCUT2D eigenvalue weighted by Crippen LogP contribution is -2.48. The van der Waals surface area contributed by atoms with E-state index in [-0.39, 0.29) is 11.3 Å². The van der Waals surface area contributed by atoms with Gasteiger partial charge in [-0.1, -0.05) is 20.8 Å². The third kappa shape index (κ3) is 1.81. The maximum Gasteiger partial charge on any atom is 0.272 e. The number of carbonyl (C=O) groups is 1. The molecule has 1 saturated carbocycles. The van der Waals surface area contributed by atoms with E-state index in [1.54, 1.807) is 4.90 Å².